The predicted molar refractivity (Wildman–Crippen MR) is 83.6 cm³/mol. The van der Waals surface area contributed by atoms with Gasteiger partial charge in [-0.25, -0.2) is 4.98 Å². The van der Waals surface area contributed by atoms with E-state index in [2.05, 4.69) is 56.0 Å². The molecule has 1 aromatic rings. The molecule has 20 heavy (non-hydrogen) atoms. The van der Waals surface area contributed by atoms with Crippen LogP contribution in [0.5, 0.6) is 0 Å². The summed E-state index contributed by atoms with van der Waals surface area (Å²) in [4.78, 5) is 6.48. The molecule has 116 valence electrons. The van der Waals surface area contributed by atoms with Crippen molar-refractivity contribution in [2.24, 2.45) is 5.41 Å². The first-order valence-electron chi connectivity index (χ1n) is 7.48. The van der Waals surface area contributed by atoms with E-state index >= 15 is 0 Å². The Labute approximate surface area is 124 Å². The number of rotatable bonds is 7. The molecule has 1 heterocycles. The van der Waals surface area contributed by atoms with Gasteiger partial charge in [0.15, 0.2) is 0 Å². The van der Waals surface area contributed by atoms with Crippen LogP contribution in [0.1, 0.15) is 48.0 Å². The minimum atomic E-state index is -0.0829. The van der Waals surface area contributed by atoms with Crippen LogP contribution in [0.15, 0.2) is 18.7 Å². The molecule has 0 fully saturated rings. The summed E-state index contributed by atoms with van der Waals surface area (Å²) in [5.74, 6) is 0. The molecule has 0 aliphatic heterocycles. The van der Waals surface area contributed by atoms with E-state index in [1.165, 1.54) is 0 Å². The van der Waals surface area contributed by atoms with Crippen LogP contribution in [-0.2, 0) is 11.3 Å². The third-order valence-corrected chi connectivity index (χ3v) is 2.83. The van der Waals surface area contributed by atoms with E-state index in [4.69, 9.17) is 4.74 Å². The van der Waals surface area contributed by atoms with Crippen LogP contribution in [0, 0.1) is 5.41 Å². The molecule has 4 heteroatoms. The highest BCUT2D eigenvalue weighted by atomic mass is 16.5. The molecule has 0 saturated heterocycles. The molecule has 0 aliphatic rings. The Morgan fingerprint density at radius 2 is 1.85 bits per heavy atom. The Morgan fingerprint density at radius 3 is 2.35 bits per heavy atom. The van der Waals surface area contributed by atoms with Gasteiger partial charge >= 0.3 is 0 Å². The van der Waals surface area contributed by atoms with Crippen molar-refractivity contribution in [2.75, 3.05) is 19.8 Å². The van der Waals surface area contributed by atoms with Crippen molar-refractivity contribution in [1.29, 1.82) is 0 Å². The van der Waals surface area contributed by atoms with Crippen LogP contribution < -0.4 is 0 Å². The highest BCUT2D eigenvalue weighted by Gasteiger charge is 2.18. The number of imidazole rings is 1. The number of nitrogens with zero attached hydrogens (tertiary/aromatic N) is 3. The number of aromatic nitrogens is 2. The second-order valence-corrected chi connectivity index (χ2v) is 7.65. The van der Waals surface area contributed by atoms with Crippen molar-refractivity contribution in [3.63, 3.8) is 0 Å². The fraction of sp³-hybridized carbons (Fsp3) is 0.812. The van der Waals surface area contributed by atoms with Crippen LogP contribution in [0.3, 0.4) is 0 Å². The molecule has 0 N–H and O–H groups in total. The third-order valence-electron chi connectivity index (χ3n) is 2.83. The first-order chi connectivity index (χ1) is 9.16. The Kier molecular flexibility index (Phi) is 6.21. The van der Waals surface area contributed by atoms with E-state index in [0.29, 0.717) is 6.73 Å². The first-order valence-corrected chi connectivity index (χ1v) is 7.48. The molecule has 0 bridgehead atoms. The van der Waals surface area contributed by atoms with Crippen molar-refractivity contribution in [3.05, 3.63) is 18.7 Å². The van der Waals surface area contributed by atoms with E-state index in [-0.39, 0.29) is 11.0 Å². The van der Waals surface area contributed by atoms with Crippen LogP contribution in [-0.4, -0.2) is 39.9 Å². The van der Waals surface area contributed by atoms with Gasteiger partial charge in [0.25, 0.3) is 0 Å². The minimum absolute atomic E-state index is 0.0829. The molecule has 0 saturated carbocycles. The molecule has 0 aromatic carbocycles. The Bertz CT molecular complexity index is 360. The zero-order valence-electron chi connectivity index (χ0n) is 14.0. The maximum atomic E-state index is 5.93. The van der Waals surface area contributed by atoms with Crippen molar-refractivity contribution < 1.29 is 4.74 Å². The summed E-state index contributed by atoms with van der Waals surface area (Å²) in [6.07, 6.45) is 6.83. The summed E-state index contributed by atoms with van der Waals surface area (Å²) < 4.78 is 8.06. The van der Waals surface area contributed by atoms with Gasteiger partial charge in [-0.3, -0.25) is 4.90 Å². The molecule has 4 nitrogen and oxygen atoms in total. The van der Waals surface area contributed by atoms with Gasteiger partial charge < -0.3 is 9.30 Å². The highest BCUT2D eigenvalue weighted by molar-refractivity contribution is 4.74. The van der Waals surface area contributed by atoms with E-state index in [9.17, 15) is 0 Å². The van der Waals surface area contributed by atoms with Gasteiger partial charge in [0.2, 0.25) is 0 Å². The van der Waals surface area contributed by atoms with Gasteiger partial charge in [0.05, 0.1) is 18.7 Å². The molecule has 1 aromatic heterocycles. The van der Waals surface area contributed by atoms with Crippen LogP contribution in [0.25, 0.3) is 0 Å². The summed E-state index contributed by atoms with van der Waals surface area (Å²) in [7, 11) is 0. The quantitative estimate of drug-likeness (QED) is 0.718. The molecule has 0 amide bonds. The van der Waals surface area contributed by atoms with Gasteiger partial charge in [0, 0.05) is 32.0 Å². The van der Waals surface area contributed by atoms with Crippen molar-refractivity contribution in [2.45, 2.75) is 60.1 Å². The number of hydrogen-bond acceptors (Lipinski definition) is 3. The molecule has 0 unspecified atom stereocenters. The smallest absolute Gasteiger partial charge is 0.0997 e. The molecule has 0 aliphatic carbocycles. The Balaban J connectivity index is 2.40. The standard InChI is InChI=1S/C16H31N3O/c1-15(2,3)12-19(14-20-16(4,5)6)10-7-9-18-11-8-17-13-18/h8,11,13H,7,9-10,12,14H2,1-6H3. The summed E-state index contributed by atoms with van der Waals surface area (Å²) in [5, 5.41) is 0. The summed E-state index contributed by atoms with van der Waals surface area (Å²) >= 11 is 0. The predicted octanol–water partition coefficient (Wildman–Crippen LogP) is 3.39. The fourth-order valence-corrected chi connectivity index (χ4v) is 2.04. The Hall–Kier alpha value is -0.870. The van der Waals surface area contributed by atoms with E-state index in [0.717, 1.165) is 26.1 Å². The van der Waals surface area contributed by atoms with Gasteiger partial charge in [0.1, 0.15) is 0 Å². The second-order valence-electron chi connectivity index (χ2n) is 7.65. The van der Waals surface area contributed by atoms with E-state index in [1.54, 1.807) is 0 Å². The van der Waals surface area contributed by atoms with Crippen LogP contribution in [0.2, 0.25) is 0 Å². The Morgan fingerprint density at radius 1 is 1.15 bits per heavy atom. The normalized spacial score (nSPS) is 13.2. The monoisotopic (exact) mass is 281 g/mol. The summed E-state index contributed by atoms with van der Waals surface area (Å²) in [5.41, 5.74) is 0.205. The molecule has 0 radical (unpaired) electrons. The van der Waals surface area contributed by atoms with Gasteiger partial charge in [-0.15, -0.1) is 0 Å². The summed E-state index contributed by atoms with van der Waals surface area (Å²) in [6.45, 7) is 16.9. The lowest BCUT2D eigenvalue weighted by Crippen LogP contribution is -2.38. The average Bonchev–Trinajstić information content (AvgIpc) is 2.75. The van der Waals surface area contributed by atoms with Gasteiger partial charge in [-0.2, -0.15) is 0 Å². The fourth-order valence-electron chi connectivity index (χ4n) is 2.04. The SMILES string of the molecule is CC(C)(C)CN(CCCn1ccnc1)COC(C)(C)C. The second kappa shape index (κ2) is 7.23. The van der Waals surface area contributed by atoms with E-state index in [1.807, 2.05) is 18.7 Å². The minimum Gasteiger partial charge on any atom is -0.360 e. The lowest BCUT2D eigenvalue weighted by atomic mass is 9.96. The average molecular weight is 281 g/mol. The maximum Gasteiger partial charge on any atom is 0.0997 e. The zero-order chi connectivity index (χ0) is 15.2. The molecule has 1 rings (SSSR count). The van der Waals surface area contributed by atoms with Crippen LogP contribution >= 0.6 is 0 Å². The number of ether oxygens (including phenoxy) is 1. The third kappa shape index (κ3) is 8.33. The topological polar surface area (TPSA) is 30.3 Å². The van der Waals surface area contributed by atoms with Gasteiger partial charge in [-0.05, 0) is 32.6 Å². The lowest BCUT2D eigenvalue weighted by molar-refractivity contribution is -0.0711. The maximum absolute atomic E-state index is 5.93. The number of hydrogen-bond donors (Lipinski definition) is 0. The van der Waals surface area contributed by atoms with Gasteiger partial charge in [-0.1, -0.05) is 20.8 Å². The largest absolute Gasteiger partial charge is 0.360 e. The lowest BCUT2D eigenvalue weighted by Gasteiger charge is -2.32. The van der Waals surface area contributed by atoms with Crippen LogP contribution in [0.4, 0.5) is 0 Å². The van der Waals surface area contributed by atoms with Crippen molar-refractivity contribution in [1.82, 2.24) is 14.5 Å². The zero-order valence-corrected chi connectivity index (χ0v) is 14.0. The van der Waals surface area contributed by atoms with E-state index < -0.39 is 0 Å². The summed E-state index contributed by atoms with van der Waals surface area (Å²) in [6, 6.07) is 0. The number of aryl methyl sites for hydroxylation is 1. The molecule has 0 atom stereocenters. The van der Waals surface area contributed by atoms with Crippen molar-refractivity contribution >= 4 is 0 Å². The van der Waals surface area contributed by atoms with Crippen molar-refractivity contribution in [3.8, 4) is 0 Å². The molecular formula is C16H31N3O. The molecular weight excluding hydrogens is 250 g/mol. The molecule has 0 spiro atoms. The highest BCUT2D eigenvalue weighted by Crippen LogP contribution is 2.17. The first kappa shape index (κ1) is 17.2.